The summed E-state index contributed by atoms with van der Waals surface area (Å²) >= 11 is 18.3. The minimum atomic E-state index is -4.42. The van der Waals surface area contributed by atoms with Crippen molar-refractivity contribution in [1.82, 2.24) is 0 Å². The van der Waals surface area contributed by atoms with Crippen LogP contribution in [0, 0.1) is 17.1 Å². The number of halogens is 4. The third kappa shape index (κ3) is 6.81. The second-order valence-corrected chi connectivity index (χ2v) is 10.7. The molecule has 0 saturated carbocycles. The predicted molar refractivity (Wildman–Crippen MR) is 142 cm³/mol. The number of carbonyl (C=O) groups is 2. The van der Waals surface area contributed by atoms with Gasteiger partial charge in [0.05, 0.1) is 33.8 Å². The van der Waals surface area contributed by atoms with Crippen molar-refractivity contribution in [3.8, 4) is 17.6 Å². The second-order valence-electron chi connectivity index (χ2n) is 7.99. The number of nitrogens with one attached hydrogen (secondary N) is 1. The maximum absolute atomic E-state index is 15.3. The van der Waals surface area contributed by atoms with Gasteiger partial charge in [0.15, 0.2) is 17.3 Å². The normalized spacial score (nSPS) is 11.1. The van der Waals surface area contributed by atoms with E-state index in [1.165, 1.54) is 42.5 Å². The predicted octanol–water partition coefficient (Wildman–Crippen LogP) is 6.26. The molecule has 0 aromatic heterocycles. The fourth-order valence-corrected chi connectivity index (χ4v) is 5.28. The van der Waals surface area contributed by atoms with Crippen LogP contribution in [0.5, 0.6) is 11.5 Å². The van der Waals surface area contributed by atoms with Crippen molar-refractivity contribution < 1.29 is 27.1 Å². The Hall–Kier alpha value is -3.20. The molecule has 3 aromatic carbocycles. The van der Waals surface area contributed by atoms with Crippen LogP contribution in [-0.2, 0) is 21.2 Å². The van der Waals surface area contributed by atoms with E-state index in [9.17, 15) is 18.0 Å². The lowest BCUT2D eigenvalue weighted by Gasteiger charge is -2.15. The third-order valence-corrected chi connectivity index (χ3v) is 7.15. The van der Waals surface area contributed by atoms with Crippen molar-refractivity contribution >= 4 is 62.2 Å². The number of hydrogen-bond acceptors (Lipinski definition) is 6. The van der Waals surface area contributed by atoms with E-state index in [2.05, 4.69) is 5.32 Å². The average molecular weight is 599 g/mol. The standard InChI is InChI=1S/C25H19Cl3FN3O5S/c1-2-3-20(33)17-5-7-19(22(28)25(17)38(31,35)36)32-21(34)10-14-4-6-18(27)24(23(14)29)37-16-9-13(12-30)8-15(26)11-16/h4-9,11H,2-3,10H2,1H3,(H,32,34)(H2,31,35,36). The fraction of sp³-hybridized carbons (Fsp3) is 0.160. The van der Waals surface area contributed by atoms with Gasteiger partial charge in [-0.3, -0.25) is 9.59 Å². The summed E-state index contributed by atoms with van der Waals surface area (Å²) in [5, 5.41) is 16.4. The van der Waals surface area contributed by atoms with Crippen LogP contribution in [0.1, 0.15) is 41.3 Å². The second kappa shape index (κ2) is 12.1. The number of nitrogens with zero attached hydrogens (tertiary/aromatic N) is 1. The summed E-state index contributed by atoms with van der Waals surface area (Å²) in [5.74, 6) is -2.52. The molecule has 0 spiro atoms. The molecule has 198 valence electrons. The van der Waals surface area contributed by atoms with Gasteiger partial charge in [-0.25, -0.2) is 17.9 Å². The maximum Gasteiger partial charge on any atom is 0.240 e. The SMILES string of the molecule is CCCC(=O)c1ccc(NC(=O)Cc2ccc(Cl)c(Oc3cc(Cl)cc(C#N)c3)c2F)c(Cl)c1S(N)(=O)=O. The lowest BCUT2D eigenvalue weighted by Crippen LogP contribution is -2.20. The molecule has 38 heavy (non-hydrogen) atoms. The minimum absolute atomic E-state index is 0.0523. The Morgan fingerprint density at radius 3 is 2.47 bits per heavy atom. The van der Waals surface area contributed by atoms with Gasteiger partial charge in [-0.1, -0.05) is 47.8 Å². The van der Waals surface area contributed by atoms with Gasteiger partial charge >= 0.3 is 0 Å². The molecule has 0 radical (unpaired) electrons. The number of benzene rings is 3. The largest absolute Gasteiger partial charge is 0.453 e. The Kier molecular flexibility index (Phi) is 9.35. The number of rotatable bonds is 9. The third-order valence-electron chi connectivity index (χ3n) is 5.13. The Morgan fingerprint density at radius 2 is 1.84 bits per heavy atom. The molecule has 13 heteroatoms. The van der Waals surface area contributed by atoms with E-state index in [-0.39, 0.29) is 44.6 Å². The van der Waals surface area contributed by atoms with Gasteiger partial charge in [-0.2, -0.15) is 5.26 Å². The number of carbonyl (C=O) groups excluding carboxylic acids is 2. The van der Waals surface area contributed by atoms with Crippen LogP contribution in [0.25, 0.3) is 0 Å². The summed E-state index contributed by atoms with van der Waals surface area (Å²) in [6, 6.07) is 11.0. The average Bonchev–Trinajstić information content (AvgIpc) is 2.83. The zero-order valence-electron chi connectivity index (χ0n) is 19.6. The molecular formula is C25H19Cl3FN3O5S. The van der Waals surface area contributed by atoms with Gasteiger partial charge in [0.25, 0.3) is 0 Å². The zero-order valence-corrected chi connectivity index (χ0v) is 22.7. The molecule has 1 amide bonds. The van der Waals surface area contributed by atoms with Gasteiger partial charge < -0.3 is 10.1 Å². The molecule has 0 fully saturated rings. The first-order valence-electron chi connectivity index (χ1n) is 10.9. The number of sulfonamides is 1. The number of primary sulfonamides is 1. The van der Waals surface area contributed by atoms with Crippen LogP contribution in [0.4, 0.5) is 10.1 Å². The van der Waals surface area contributed by atoms with E-state index in [0.29, 0.717) is 6.42 Å². The van der Waals surface area contributed by atoms with Crippen LogP contribution >= 0.6 is 34.8 Å². The highest BCUT2D eigenvalue weighted by Crippen LogP contribution is 2.36. The van der Waals surface area contributed by atoms with Crippen molar-refractivity contribution in [3.63, 3.8) is 0 Å². The van der Waals surface area contributed by atoms with Crippen molar-refractivity contribution in [1.29, 1.82) is 5.26 Å². The number of ketones is 1. The molecule has 3 rings (SSSR count). The lowest BCUT2D eigenvalue weighted by molar-refractivity contribution is -0.115. The Labute approximate surface area is 233 Å². The zero-order chi connectivity index (χ0) is 28.2. The molecule has 0 bridgehead atoms. The number of hydrogen-bond donors (Lipinski definition) is 2. The van der Waals surface area contributed by atoms with E-state index < -0.39 is 49.6 Å². The van der Waals surface area contributed by atoms with Gasteiger partial charge in [0, 0.05) is 22.6 Å². The van der Waals surface area contributed by atoms with E-state index in [0.717, 1.165) is 0 Å². The molecule has 3 aromatic rings. The smallest absolute Gasteiger partial charge is 0.240 e. The molecule has 0 aliphatic rings. The molecule has 0 aliphatic heterocycles. The highest BCUT2D eigenvalue weighted by molar-refractivity contribution is 7.89. The van der Waals surface area contributed by atoms with Gasteiger partial charge in [0.1, 0.15) is 10.6 Å². The molecular weight excluding hydrogens is 580 g/mol. The first-order valence-corrected chi connectivity index (χ1v) is 13.6. The molecule has 8 nitrogen and oxygen atoms in total. The van der Waals surface area contributed by atoms with Gasteiger partial charge in [-0.05, 0) is 42.8 Å². The molecule has 0 atom stereocenters. The monoisotopic (exact) mass is 597 g/mol. The Morgan fingerprint density at radius 1 is 1.13 bits per heavy atom. The number of nitriles is 1. The number of nitrogens with two attached hydrogens (primary N) is 1. The van der Waals surface area contributed by atoms with Crippen molar-refractivity contribution in [2.45, 2.75) is 31.1 Å². The van der Waals surface area contributed by atoms with Crippen LogP contribution in [-0.4, -0.2) is 20.1 Å². The Balaban J connectivity index is 1.89. The minimum Gasteiger partial charge on any atom is -0.453 e. The fourth-order valence-electron chi connectivity index (χ4n) is 3.49. The molecule has 3 N–H and O–H groups in total. The van der Waals surface area contributed by atoms with E-state index >= 15 is 4.39 Å². The van der Waals surface area contributed by atoms with Gasteiger partial charge in [0.2, 0.25) is 15.9 Å². The number of ether oxygens (including phenoxy) is 1. The Bertz CT molecular complexity index is 1590. The van der Waals surface area contributed by atoms with Crippen LogP contribution in [0.3, 0.4) is 0 Å². The molecule has 0 unspecified atom stereocenters. The highest BCUT2D eigenvalue weighted by atomic mass is 35.5. The lowest BCUT2D eigenvalue weighted by atomic mass is 10.1. The van der Waals surface area contributed by atoms with Crippen LogP contribution < -0.4 is 15.2 Å². The van der Waals surface area contributed by atoms with Crippen molar-refractivity contribution in [3.05, 3.63) is 80.0 Å². The summed E-state index contributed by atoms with van der Waals surface area (Å²) in [7, 11) is -4.42. The van der Waals surface area contributed by atoms with E-state index in [1.54, 1.807) is 6.92 Å². The summed E-state index contributed by atoms with van der Waals surface area (Å²) in [5.41, 5.74) is -0.259. The van der Waals surface area contributed by atoms with Crippen molar-refractivity contribution in [2.75, 3.05) is 5.32 Å². The maximum atomic E-state index is 15.3. The first-order chi connectivity index (χ1) is 17.8. The number of anilines is 1. The first kappa shape index (κ1) is 29.4. The van der Waals surface area contributed by atoms with E-state index in [4.69, 9.17) is 49.9 Å². The van der Waals surface area contributed by atoms with Crippen LogP contribution in [0.15, 0.2) is 47.4 Å². The molecule has 0 aliphatic carbocycles. The topological polar surface area (TPSA) is 139 Å². The van der Waals surface area contributed by atoms with Crippen LogP contribution in [0.2, 0.25) is 15.1 Å². The highest BCUT2D eigenvalue weighted by Gasteiger charge is 2.26. The summed E-state index contributed by atoms with van der Waals surface area (Å²) in [4.78, 5) is 24.5. The number of amides is 1. The number of Topliss-reactive ketones (excluding diaryl/α,β-unsaturated/α-hetero) is 1. The molecule has 0 saturated heterocycles. The quantitative estimate of drug-likeness (QED) is 0.279. The van der Waals surface area contributed by atoms with Gasteiger partial charge in [-0.15, -0.1) is 0 Å². The summed E-state index contributed by atoms with van der Waals surface area (Å²) in [6.45, 7) is 1.75. The molecule has 0 heterocycles. The summed E-state index contributed by atoms with van der Waals surface area (Å²) < 4.78 is 45.1. The summed E-state index contributed by atoms with van der Waals surface area (Å²) in [6.07, 6.45) is 0.0158. The van der Waals surface area contributed by atoms with E-state index in [1.807, 2.05) is 6.07 Å². The van der Waals surface area contributed by atoms with Crippen molar-refractivity contribution in [2.24, 2.45) is 5.14 Å².